The van der Waals surface area contributed by atoms with Crippen LogP contribution in [-0.2, 0) is 4.74 Å². The van der Waals surface area contributed by atoms with E-state index in [1.165, 1.54) is 45.3 Å². The van der Waals surface area contributed by atoms with Gasteiger partial charge in [-0.25, -0.2) is 0 Å². The largest absolute Gasteiger partial charge is 0.380 e. The van der Waals surface area contributed by atoms with Crippen LogP contribution >= 0.6 is 0 Å². The van der Waals surface area contributed by atoms with Crippen LogP contribution in [0.1, 0.15) is 32.6 Å². The van der Waals surface area contributed by atoms with E-state index in [0.29, 0.717) is 5.41 Å². The molecule has 0 saturated carbocycles. The van der Waals surface area contributed by atoms with E-state index in [9.17, 15) is 0 Å². The molecule has 1 N–H and O–H groups in total. The summed E-state index contributed by atoms with van der Waals surface area (Å²) in [6.45, 7) is 11.2. The Morgan fingerprint density at radius 2 is 2.00 bits per heavy atom. The molecule has 22 heavy (non-hydrogen) atoms. The maximum absolute atomic E-state index is 5.33. The smallest absolute Gasteiger partial charge is 0.193 e. The number of rotatable bonds is 4. The average Bonchev–Trinajstić information content (AvgIpc) is 2.95. The van der Waals surface area contributed by atoms with Crippen molar-refractivity contribution >= 4 is 5.96 Å². The van der Waals surface area contributed by atoms with Gasteiger partial charge >= 0.3 is 0 Å². The maximum Gasteiger partial charge on any atom is 0.193 e. The molecule has 0 bridgehead atoms. The van der Waals surface area contributed by atoms with E-state index in [0.717, 1.165) is 44.7 Å². The average molecular weight is 308 g/mol. The van der Waals surface area contributed by atoms with Gasteiger partial charge in [-0.05, 0) is 38.3 Å². The van der Waals surface area contributed by atoms with Crippen LogP contribution in [0, 0.1) is 11.3 Å². The number of nitrogens with one attached hydrogen (secondary N) is 1. The fourth-order valence-electron chi connectivity index (χ4n) is 3.86. The van der Waals surface area contributed by atoms with Crippen molar-refractivity contribution in [3.8, 4) is 0 Å². The van der Waals surface area contributed by atoms with E-state index in [4.69, 9.17) is 4.74 Å². The van der Waals surface area contributed by atoms with Crippen LogP contribution in [-0.4, -0.2) is 75.3 Å². The lowest BCUT2D eigenvalue weighted by Crippen LogP contribution is -2.51. The second kappa shape index (κ2) is 7.18. The zero-order valence-corrected chi connectivity index (χ0v) is 14.3. The third-order valence-corrected chi connectivity index (χ3v) is 5.34. The van der Waals surface area contributed by atoms with Crippen molar-refractivity contribution < 1.29 is 4.74 Å². The number of hydrogen-bond donors (Lipinski definition) is 1. The SMILES string of the molecule is CN=C(NCC1(C)COC1)N1CCC(CN2CCCCC2)C1. The summed E-state index contributed by atoms with van der Waals surface area (Å²) in [6.07, 6.45) is 5.50. The minimum absolute atomic E-state index is 0.295. The Balaban J connectivity index is 1.43. The van der Waals surface area contributed by atoms with Crippen LogP contribution in [0.3, 0.4) is 0 Å². The Labute approximate surface area is 135 Å². The van der Waals surface area contributed by atoms with Gasteiger partial charge in [0.1, 0.15) is 0 Å². The topological polar surface area (TPSA) is 40.1 Å². The summed E-state index contributed by atoms with van der Waals surface area (Å²) in [5.41, 5.74) is 0.295. The fourth-order valence-corrected chi connectivity index (χ4v) is 3.86. The summed E-state index contributed by atoms with van der Waals surface area (Å²) in [5.74, 6) is 1.88. The highest BCUT2D eigenvalue weighted by atomic mass is 16.5. The third-order valence-electron chi connectivity index (χ3n) is 5.34. The number of nitrogens with zero attached hydrogens (tertiary/aromatic N) is 3. The van der Waals surface area contributed by atoms with Crippen molar-refractivity contribution in [2.24, 2.45) is 16.3 Å². The maximum atomic E-state index is 5.33. The minimum atomic E-state index is 0.295. The number of piperidine rings is 1. The summed E-state index contributed by atoms with van der Waals surface area (Å²) in [4.78, 5) is 9.60. The molecule has 5 heteroatoms. The highest BCUT2D eigenvalue weighted by Gasteiger charge is 2.34. The van der Waals surface area contributed by atoms with Gasteiger partial charge in [-0.1, -0.05) is 13.3 Å². The Bertz CT molecular complexity index is 388. The van der Waals surface area contributed by atoms with Gasteiger partial charge in [-0.2, -0.15) is 0 Å². The molecule has 0 radical (unpaired) electrons. The van der Waals surface area contributed by atoms with E-state index in [2.05, 4.69) is 27.0 Å². The lowest BCUT2D eigenvalue weighted by atomic mass is 9.89. The van der Waals surface area contributed by atoms with Crippen LogP contribution in [0.25, 0.3) is 0 Å². The van der Waals surface area contributed by atoms with Crippen LogP contribution in [0.15, 0.2) is 4.99 Å². The summed E-state index contributed by atoms with van der Waals surface area (Å²) < 4.78 is 5.33. The molecule has 126 valence electrons. The molecule has 0 amide bonds. The molecule has 0 spiro atoms. The van der Waals surface area contributed by atoms with Gasteiger partial charge in [0.05, 0.1) is 13.2 Å². The van der Waals surface area contributed by atoms with Gasteiger partial charge in [0.25, 0.3) is 0 Å². The van der Waals surface area contributed by atoms with Gasteiger partial charge in [0.2, 0.25) is 0 Å². The zero-order valence-electron chi connectivity index (χ0n) is 14.3. The van der Waals surface area contributed by atoms with E-state index >= 15 is 0 Å². The van der Waals surface area contributed by atoms with Crippen molar-refractivity contribution in [3.05, 3.63) is 0 Å². The molecule has 0 aromatic heterocycles. The molecule has 3 fully saturated rings. The number of ether oxygens (including phenoxy) is 1. The van der Waals surface area contributed by atoms with Gasteiger partial charge < -0.3 is 19.9 Å². The van der Waals surface area contributed by atoms with Crippen molar-refractivity contribution in [1.82, 2.24) is 15.1 Å². The van der Waals surface area contributed by atoms with Crippen molar-refractivity contribution in [3.63, 3.8) is 0 Å². The molecule has 3 heterocycles. The number of aliphatic imine (C=N–C) groups is 1. The first-order chi connectivity index (χ1) is 10.7. The lowest BCUT2D eigenvalue weighted by Gasteiger charge is -2.39. The van der Waals surface area contributed by atoms with E-state index in [1.807, 2.05) is 7.05 Å². The van der Waals surface area contributed by atoms with Gasteiger partial charge in [-0.3, -0.25) is 4.99 Å². The summed E-state index contributed by atoms with van der Waals surface area (Å²) in [7, 11) is 1.90. The molecule has 1 unspecified atom stereocenters. The van der Waals surface area contributed by atoms with Crippen molar-refractivity contribution in [2.45, 2.75) is 32.6 Å². The van der Waals surface area contributed by atoms with Gasteiger partial charge in [-0.15, -0.1) is 0 Å². The molecule has 3 saturated heterocycles. The summed E-state index contributed by atoms with van der Waals surface area (Å²) in [6, 6.07) is 0. The molecule has 0 aromatic carbocycles. The Morgan fingerprint density at radius 1 is 1.23 bits per heavy atom. The minimum Gasteiger partial charge on any atom is -0.380 e. The van der Waals surface area contributed by atoms with Crippen LogP contribution in [0.5, 0.6) is 0 Å². The monoisotopic (exact) mass is 308 g/mol. The van der Waals surface area contributed by atoms with Crippen LogP contribution in [0.2, 0.25) is 0 Å². The van der Waals surface area contributed by atoms with Crippen LogP contribution < -0.4 is 5.32 Å². The molecule has 1 atom stereocenters. The Hall–Kier alpha value is -0.810. The predicted molar refractivity (Wildman–Crippen MR) is 90.3 cm³/mol. The molecule has 3 rings (SSSR count). The Morgan fingerprint density at radius 3 is 2.64 bits per heavy atom. The molecular formula is C17H32N4O. The number of guanidine groups is 1. The Kier molecular flexibility index (Phi) is 5.24. The van der Waals surface area contributed by atoms with E-state index in [1.54, 1.807) is 0 Å². The van der Waals surface area contributed by atoms with E-state index in [-0.39, 0.29) is 0 Å². The van der Waals surface area contributed by atoms with Gasteiger partial charge in [0.15, 0.2) is 5.96 Å². The standard InChI is InChI=1S/C17H32N4O/c1-17(13-22-14-17)12-19-16(18-2)21-9-6-15(11-21)10-20-7-4-3-5-8-20/h15H,3-14H2,1-2H3,(H,18,19). The molecule has 5 nitrogen and oxygen atoms in total. The number of likely N-dealkylation sites (tertiary alicyclic amines) is 2. The molecule has 3 aliphatic heterocycles. The fraction of sp³-hybridized carbons (Fsp3) is 0.941. The second-order valence-corrected chi connectivity index (χ2v) is 7.67. The quantitative estimate of drug-likeness (QED) is 0.630. The number of hydrogen-bond acceptors (Lipinski definition) is 3. The van der Waals surface area contributed by atoms with Crippen molar-refractivity contribution in [2.75, 3.05) is 59.5 Å². The summed E-state index contributed by atoms with van der Waals surface area (Å²) in [5, 5.41) is 3.56. The third kappa shape index (κ3) is 3.93. The summed E-state index contributed by atoms with van der Waals surface area (Å²) >= 11 is 0. The molecule has 0 aliphatic carbocycles. The first-order valence-corrected chi connectivity index (χ1v) is 8.94. The highest BCUT2D eigenvalue weighted by molar-refractivity contribution is 5.80. The molecule has 3 aliphatic rings. The van der Waals surface area contributed by atoms with E-state index < -0.39 is 0 Å². The predicted octanol–water partition coefficient (Wildman–Crippen LogP) is 1.41. The molecule has 0 aromatic rings. The van der Waals surface area contributed by atoms with Crippen LogP contribution in [0.4, 0.5) is 0 Å². The zero-order chi connectivity index (χ0) is 15.4. The second-order valence-electron chi connectivity index (χ2n) is 7.67. The lowest BCUT2D eigenvalue weighted by molar-refractivity contribution is -0.0972. The van der Waals surface area contributed by atoms with Crippen molar-refractivity contribution in [1.29, 1.82) is 0 Å². The first-order valence-electron chi connectivity index (χ1n) is 8.94. The highest BCUT2D eigenvalue weighted by Crippen LogP contribution is 2.25. The normalized spacial score (nSPS) is 29.5. The first kappa shape index (κ1) is 16.1. The molecular weight excluding hydrogens is 276 g/mol. The van der Waals surface area contributed by atoms with Gasteiger partial charge in [0, 0.05) is 38.6 Å².